The summed E-state index contributed by atoms with van der Waals surface area (Å²) in [6.45, 7) is 0.950. The van der Waals surface area contributed by atoms with Crippen LogP contribution in [0.5, 0.6) is 5.75 Å². The monoisotopic (exact) mass is 400 g/mol. The van der Waals surface area contributed by atoms with E-state index in [2.05, 4.69) is 20.1 Å². The molecule has 2 aromatic carbocycles. The van der Waals surface area contributed by atoms with Gasteiger partial charge < -0.3 is 24.8 Å². The Labute approximate surface area is 166 Å². The summed E-state index contributed by atoms with van der Waals surface area (Å²) in [6.07, 6.45) is 0. The maximum absolute atomic E-state index is 12.3. The predicted octanol–water partition coefficient (Wildman–Crippen LogP) is 2.24. The molecule has 0 saturated carbocycles. The van der Waals surface area contributed by atoms with Gasteiger partial charge in [-0.25, -0.2) is 9.59 Å². The SMILES string of the molecule is COC(=O)c1ccc(C(=O)OC)c(NC(=O)COc2ccccc2NC(C)=O)c1. The van der Waals surface area contributed by atoms with Gasteiger partial charge in [0.2, 0.25) is 5.91 Å². The van der Waals surface area contributed by atoms with Crippen molar-refractivity contribution in [2.75, 3.05) is 31.5 Å². The van der Waals surface area contributed by atoms with Crippen LogP contribution in [0.15, 0.2) is 42.5 Å². The normalized spacial score (nSPS) is 9.90. The molecule has 0 aliphatic rings. The molecule has 0 spiro atoms. The number of rotatable bonds is 7. The molecule has 0 saturated heterocycles. The molecule has 2 rings (SSSR count). The van der Waals surface area contributed by atoms with E-state index in [4.69, 9.17) is 4.74 Å². The molecular weight excluding hydrogens is 380 g/mol. The molecule has 0 aliphatic heterocycles. The van der Waals surface area contributed by atoms with Crippen LogP contribution in [0.25, 0.3) is 0 Å². The summed E-state index contributed by atoms with van der Waals surface area (Å²) < 4.78 is 14.8. The van der Waals surface area contributed by atoms with Gasteiger partial charge >= 0.3 is 11.9 Å². The topological polar surface area (TPSA) is 120 Å². The van der Waals surface area contributed by atoms with Gasteiger partial charge in [0.25, 0.3) is 5.91 Å². The highest BCUT2D eigenvalue weighted by Crippen LogP contribution is 2.24. The highest BCUT2D eigenvalue weighted by molar-refractivity contribution is 6.03. The zero-order valence-electron chi connectivity index (χ0n) is 16.1. The Kier molecular flexibility index (Phi) is 7.30. The van der Waals surface area contributed by atoms with E-state index in [1.807, 2.05) is 0 Å². The average molecular weight is 400 g/mol. The van der Waals surface area contributed by atoms with Crippen LogP contribution in [0, 0.1) is 0 Å². The third-order valence-electron chi connectivity index (χ3n) is 3.68. The molecule has 0 radical (unpaired) electrons. The Morgan fingerprint density at radius 1 is 0.862 bits per heavy atom. The van der Waals surface area contributed by atoms with Gasteiger partial charge in [-0.05, 0) is 30.3 Å². The lowest BCUT2D eigenvalue weighted by Crippen LogP contribution is -2.22. The second-order valence-corrected chi connectivity index (χ2v) is 5.76. The van der Waals surface area contributed by atoms with Crippen molar-refractivity contribution in [3.05, 3.63) is 53.6 Å². The Bertz CT molecular complexity index is 940. The summed E-state index contributed by atoms with van der Waals surface area (Å²) in [6, 6.07) is 10.7. The van der Waals surface area contributed by atoms with E-state index in [-0.39, 0.29) is 22.7 Å². The number of nitrogens with one attached hydrogen (secondary N) is 2. The Morgan fingerprint density at radius 2 is 1.55 bits per heavy atom. The molecular formula is C20H20N2O7. The fourth-order valence-corrected chi connectivity index (χ4v) is 2.40. The van der Waals surface area contributed by atoms with Gasteiger partial charge in [-0.1, -0.05) is 12.1 Å². The summed E-state index contributed by atoms with van der Waals surface area (Å²) in [5.41, 5.74) is 0.693. The van der Waals surface area contributed by atoms with Crippen LogP contribution in [-0.2, 0) is 19.1 Å². The fourth-order valence-electron chi connectivity index (χ4n) is 2.40. The molecule has 0 aromatic heterocycles. The van der Waals surface area contributed by atoms with E-state index >= 15 is 0 Å². The summed E-state index contributed by atoms with van der Waals surface area (Å²) in [7, 11) is 2.42. The van der Waals surface area contributed by atoms with E-state index in [1.165, 1.54) is 39.3 Å². The van der Waals surface area contributed by atoms with Crippen LogP contribution < -0.4 is 15.4 Å². The lowest BCUT2D eigenvalue weighted by molar-refractivity contribution is -0.118. The van der Waals surface area contributed by atoms with Crippen molar-refractivity contribution in [1.29, 1.82) is 0 Å². The van der Waals surface area contributed by atoms with Crippen molar-refractivity contribution in [3.8, 4) is 5.75 Å². The van der Waals surface area contributed by atoms with Crippen LogP contribution in [-0.4, -0.2) is 44.6 Å². The average Bonchev–Trinajstić information content (AvgIpc) is 2.71. The van der Waals surface area contributed by atoms with Gasteiger partial charge in [-0.2, -0.15) is 0 Å². The maximum atomic E-state index is 12.3. The first-order chi connectivity index (χ1) is 13.8. The zero-order valence-corrected chi connectivity index (χ0v) is 16.1. The van der Waals surface area contributed by atoms with Crippen LogP contribution in [0.4, 0.5) is 11.4 Å². The highest BCUT2D eigenvalue weighted by Gasteiger charge is 2.18. The Balaban J connectivity index is 2.17. The summed E-state index contributed by atoms with van der Waals surface area (Å²) in [5.74, 6) is -1.89. The largest absolute Gasteiger partial charge is 0.482 e. The second-order valence-electron chi connectivity index (χ2n) is 5.76. The van der Waals surface area contributed by atoms with E-state index in [9.17, 15) is 19.2 Å². The van der Waals surface area contributed by atoms with Gasteiger partial charge in [0.1, 0.15) is 5.75 Å². The molecule has 0 atom stereocenters. The number of benzene rings is 2. The number of amides is 2. The van der Waals surface area contributed by atoms with Crippen molar-refractivity contribution in [2.45, 2.75) is 6.92 Å². The van der Waals surface area contributed by atoms with Gasteiger partial charge in [0.15, 0.2) is 6.61 Å². The molecule has 2 amide bonds. The molecule has 0 bridgehead atoms. The van der Waals surface area contributed by atoms with Crippen molar-refractivity contribution in [1.82, 2.24) is 0 Å². The lowest BCUT2D eigenvalue weighted by Gasteiger charge is -2.13. The number of methoxy groups -OCH3 is 2. The molecule has 2 N–H and O–H groups in total. The lowest BCUT2D eigenvalue weighted by atomic mass is 10.1. The van der Waals surface area contributed by atoms with Crippen molar-refractivity contribution in [3.63, 3.8) is 0 Å². The standard InChI is InChI=1S/C20H20N2O7/c1-12(23)21-15-6-4-5-7-17(15)29-11-18(24)22-16-10-13(19(25)27-2)8-9-14(16)20(26)28-3/h4-10H,11H2,1-3H3,(H,21,23)(H,22,24). The van der Waals surface area contributed by atoms with E-state index < -0.39 is 24.5 Å². The predicted molar refractivity (Wildman–Crippen MR) is 104 cm³/mol. The Morgan fingerprint density at radius 3 is 2.21 bits per heavy atom. The van der Waals surface area contributed by atoms with Crippen molar-refractivity contribution >= 4 is 35.1 Å². The van der Waals surface area contributed by atoms with Crippen molar-refractivity contribution < 1.29 is 33.4 Å². The number of esters is 2. The minimum Gasteiger partial charge on any atom is -0.482 e. The summed E-state index contributed by atoms with van der Waals surface area (Å²) >= 11 is 0. The number of carbonyl (C=O) groups excluding carboxylic acids is 4. The Hall–Kier alpha value is -3.88. The number of hydrogen-bond donors (Lipinski definition) is 2. The van der Waals surface area contributed by atoms with E-state index in [0.717, 1.165) is 0 Å². The zero-order chi connectivity index (χ0) is 21.4. The first-order valence-corrected chi connectivity index (χ1v) is 8.45. The van der Waals surface area contributed by atoms with E-state index in [1.54, 1.807) is 24.3 Å². The molecule has 152 valence electrons. The van der Waals surface area contributed by atoms with Gasteiger partial charge in [0, 0.05) is 6.92 Å². The third-order valence-corrected chi connectivity index (χ3v) is 3.68. The minimum absolute atomic E-state index is 0.0622. The number of ether oxygens (including phenoxy) is 3. The smallest absolute Gasteiger partial charge is 0.339 e. The summed E-state index contributed by atoms with van der Waals surface area (Å²) in [4.78, 5) is 47.3. The van der Waals surface area contributed by atoms with Crippen LogP contribution in [0.2, 0.25) is 0 Å². The first kappa shape index (κ1) is 21.4. The van der Waals surface area contributed by atoms with E-state index in [0.29, 0.717) is 11.4 Å². The quantitative estimate of drug-likeness (QED) is 0.684. The number of para-hydroxylation sites is 2. The highest BCUT2D eigenvalue weighted by atomic mass is 16.5. The maximum Gasteiger partial charge on any atom is 0.339 e. The minimum atomic E-state index is -0.686. The molecule has 9 heteroatoms. The molecule has 0 aliphatic carbocycles. The van der Waals surface area contributed by atoms with Crippen LogP contribution in [0.1, 0.15) is 27.6 Å². The number of hydrogen-bond acceptors (Lipinski definition) is 7. The van der Waals surface area contributed by atoms with Gasteiger partial charge in [-0.3, -0.25) is 9.59 Å². The molecule has 2 aromatic rings. The van der Waals surface area contributed by atoms with Gasteiger partial charge in [0.05, 0.1) is 36.7 Å². The molecule has 0 fully saturated rings. The number of carbonyl (C=O) groups is 4. The fraction of sp³-hybridized carbons (Fsp3) is 0.200. The van der Waals surface area contributed by atoms with Crippen LogP contribution in [0.3, 0.4) is 0 Å². The van der Waals surface area contributed by atoms with Crippen LogP contribution >= 0.6 is 0 Å². The molecule has 0 unspecified atom stereocenters. The first-order valence-electron chi connectivity index (χ1n) is 8.45. The van der Waals surface area contributed by atoms with Crippen molar-refractivity contribution in [2.24, 2.45) is 0 Å². The molecule has 29 heavy (non-hydrogen) atoms. The van der Waals surface area contributed by atoms with Gasteiger partial charge in [-0.15, -0.1) is 0 Å². The third kappa shape index (κ3) is 5.80. The second kappa shape index (κ2) is 9.88. The molecule has 9 nitrogen and oxygen atoms in total. The summed E-state index contributed by atoms with van der Waals surface area (Å²) in [5, 5.41) is 5.11. The number of anilines is 2. The molecule has 0 heterocycles.